The second kappa shape index (κ2) is 6.72. The number of benzene rings is 1. The Bertz CT molecular complexity index is 530. The Balaban J connectivity index is 2.74. The summed E-state index contributed by atoms with van der Waals surface area (Å²) in [6.45, 7) is 4.76. The molecule has 0 bridgehead atoms. The standard InChI is InChI=1S/C13H18ClF2NO2S/c1-13(2,7-8-14)9-17-10-3-5-11(6-4-10)20(18,19)12(15)16/h3-6,12,17H,7-9H2,1-2H3. The van der Waals surface area contributed by atoms with E-state index in [2.05, 4.69) is 19.2 Å². The number of anilines is 1. The second-order valence-corrected chi connectivity index (χ2v) is 7.58. The van der Waals surface area contributed by atoms with Crippen LogP contribution in [-0.4, -0.2) is 26.6 Å². The van der Waals surface area contributed by atoms with Crippen LogP contribution in [-0.2, 0) is 9.84 Å². The lowest BCUT2D eigenvalue weighted by Crippen LogP contribution is -2.23. The molecular weight excluding hydrogens is 308 g/mol. The van der Waals surface area contributed by atoms with E-state index in [1.165, 1.54) is 24.3 Å². The number of hydrogen-bond donors (Lipinski definition) is 1. The van der Waals surface area contributed by atoms with Gasteiger partial charge in [0.1, 0.15) is 0 Å². The predicted octanol–water partition coefficient (Wildman–Crippen LogP) is 3.75. The van der Waals surface area contributed by atoms with E-state index in [-0.39, 0.29) is 10.3 Å². The number of rotatable bonds is 7. The molecule has 0 atom stereocenters. The van der Waals surface area contributed by atoms with Gasteiger partial charge in [-0.05, 0) is 36.1 Å². The van der Waals surface area contributed by atoms with Crippen LogP contribution in [0.3, 0.4) is 0 Å². The molecule has 0 fully saturated rings. The van der Waals surface area contributed by atoms with Crippen molar-refractivity contribution in [3.05, 3.63) is 24.3 Å². The molecule has 20 heavy (non-hydrogen) atoms. The fraction of sp³-hybridized carbons (Fsp3) is 0.538. The summed E-state index contributed by atoms with van der Waals surface area (Å²) >= 11 is 5.70. The van der Waals surface area contributed by atoms with E-state index in [0.717, 1.165) is 6.42 Å². The molecule has 0 aliphatic carbocycles. The molecule has 7 heteroatoms. The lowest BCUT2D eigenvalue weighted by atomic mass is 9.90. The van der Waals surface area contributed by atoms with E-state index in [4.69, 9.17) is 11.6 Å². The highest BCUT2D eigenvalue weighted by atomic mass is 35.5. The Morgan fingerprint density at radius 1 is 1.25 bits per heavy atom. The van der Waals surface area contributed by atoms with Gasteiger partial charge < -0.3 is 5.32 Å². The third-order valence-electron chi connectivity index (χ3n) is 2.96. The van der Waals surface area contributed by atoms with Gasteiger partial charge in [-0.2, -0.15) is 8.78 Å². The molecule has 3 nitrogen and oxygen atoms in total. The fourth-order valence-corrected chi connectivity index (χ4v) is 2.78. The summed E-state index contributed by atoms with van der Waals surface area (Å²) in [7, 11) is -4.52. The molecule has 0 spiro atoms. The summed E-state index contributed by atoms with van der Waals surface area (Å²) in [5, 5.41) is 3.14. The average molecular weight is 326 g/mol. The lowest BCUT2D eigenvalue weighted by Gasteiger charge is -2.24. The maximum Gasteiger partial charge on any atom is 0.341 e. The second-order valence-electron chi connectivity index (χ2n) is 5.29. The van der Waals surface area contributed by atoms with E-state index in [1.807, 2.05) is 0 Å². The molecule has 1 aromatic rings. The van der Waals surface area contributed by atoms with Crippen molar-refractivity contribution in [2.75, 3.05) is 17.7 Å². The van der Waals surface area contributed by atoms with E-state index < -0.39 is 15.6 Å². The Hall–Kier alpha value is -0.880. The Morgan fingerprint density at radius 3 is 2.25 bits per heavy atom. The van der Waals surface area contributed by atoms with E-state index >= 15 is 0 Å². The van der Waals surface area contributed by atoms with Crippen molar-refractivity contribution in [1.82, 2.24) is 0 Å². The number of alkyl halides is 3. The van der Waals surface area contributed by atoms with Crippen LogP contribution < -0.4 is 5.32 Å². The zero-order valence-corrected chi connectivity index (χ0v) is 12.9. The highest BCUT2D eigenvalue weighted by molar-refractivity contribution is 7.91. The minimum atomic E-state index is -4.52. The van der Waals surface area contributed by atoms with Gasteiger partial charge in [0.25, 0.3) is 0 Å². The molecule has 0 aromatic heterocycles. The number of nitrogens with one attached hydrogen (secondary N) is 1. The summed E-state index contributed by atoms with van der Waals surface area (Å²) in [4.78, 5) is -0.377. The summed E-state index contributed by atoms with van der Waals surface area (Å²) in [6, 6.07) is 5.31. The third kappa shape index (κ3) is 4.59. The topological polar surface area (TPSA) is 46.2 Å². The highest BCUT2D eigenvalue weighted by Crippen LogP contribution is 2.23. The smallest absolute Gasteiger partial charge is 0.341 e. The molecule has 0 heterocycles. The lowest BCUT2D eigenvalue weighted by molar-refractivity contribution is 0.234. The van der Waals surface area contributed by atoms with Gasteiger partial charge in [-0.3, -0.25) is 0 Å². The molecule has 1 rings (SSSR count). The number of hydrogen-bond acceptors (Lipinski definition) is 3. The zero-order chi connectivity index (χ0) is 15.4. The first-order valence-electron chi connectivity index (χ1n) is 6.11. The quantitative estimate of drug-likeness (QED) is 0.777. The molecule has 114 valence electrons. The van der Waals surface area contributed by atoms with Gasteiger partial charge in [-0.15, -0.1) is 11.6 Å². The highest BCUT2D eigenvalue weighted by Gasteiger charge is 2.26. The van der Waals surface area contributed by atoms with Crippen molar-refractivity contribution >= 4 is 27.1 Å². The van der Waals surface area contributed by atoms with Crippen LogP contribution in [0.1, 0.15) is 20.3 Å². The predicted molar refractivity (Wildman–Crippen MR) is 77.2 cm³/mol. The van der Waals surface area contributed by atoms with E-state index in [1.54, 1.807) is 0 Å². The van der Waals surface area contributed by atoms with Gasteiger partial charge in [-0.25, -0.2) is 8.42 Å². The van der Waals surface area contributed by atoms with Crippen molar-refractivity contribution in [3.63, 3.8) is 0 Å². The minimum absolute atomic E-state index is 0.00449. The normalized spacial score (nSPS) is 12.7. The van der Waals surface area contributed by atoms with Crippen molar-refractivity contribution in [3.8, 4) is 0 Å². The summed E-state index contributed by atoms with van der Waals surface area (Å²) in [6.07, 6.45) is 0.833. The first kappa shape index (κ1) is 17.2. The number of halogens is 3. The Kier molecular flexibility index (Phi) is 5.77. The summed E-state index contributed by atoms with van der Waals surface area (Å²) in [5.41, 5.74) is 0.677. The Labute approximate surface area is 123 Å². The van der Waals surface area contributed by atoms with Gasteiger partial charge in [0.05, 0.1) is 4.90 Å². The van der Waals surface area contributed by atoms with Gasteiger partial charge in [-0.1, -0.05) is 13.8 Å². The van der Waals surface area contributed by atoms with Crippen molar-refractivity contribution in [2.24, 2.45) is 5.41 Å². The van der Waals surface area contributed by atoms with Crippen molar-refractivity contribution in [2.45, 2.75) is 30.9 Å². The van der Waals surface area contributed by atoms with Gasteiger partial charge >= 0.3 is 5.76 Å². The molecule has 0 aliphatic heterocycles. The molecule has 1 N–H and O–H groups in total. The van der Waals surface area contributed by atoms with Crippen LogP contribution in [0, 0.1) is 5.41 Å². The molecular formula is C13H18ClF2NO2S. The average Bonchev–Trinajstić information content (AvgIpc) is 2.37. The molecule has 0 aliphatic rings. The molecule has 0 saturated carbocycles. The van der Waals surface area contributed by atoms with Crippen LogP contribution >= 0.6 is 11.6 Å². The molecule has 0 amide bonds. The zero-order valence-electron chi connectivity index (χ0n) is 11.4. The van der Waals surface area contributed by atoms with Crippen LogP contribution in [0.25, 0.3) is 0 Å². The third-order valence-corrected chi connectivity index (χ3v) is 4.55. The summed E-state index contributed by atoms with van der Waals surface area (Å²) in [5.74, 6) is -2.84. The van der Waals surface area contributed by atoms with Crippen molar-refractivity contribution in [1.29, 1.82) is 0 Å². The van der Waals surface area contributed by atoms with E-state index in [0.29, 0.717) is 18.1 Å². The van der Waals surface area contributed by atoms with Crippen LogP contribution in [0.15, 0.2) is 29.2 Å². The monoisotopic (exact) mass is 325 g/mol. The maximum atomic E-state index is 12.4. The molecule has 0 radical (unpaired) electrons. The van der Waals surface area contributed by atoms with Gasteiger partial charge in [0, 0.05) is 18.1 Å². The van der Waals surface area contributed by atoms with Crippen molar-refractivity contribution < 1.29 is 17.2 Å². The first-order chi connectivity index (χ1) is 9.19. The minimum Gasteiger partial charge on any atom is -0.385 e. The maximum absolute atomic E-state index is 12.4. The molecule has 1 aromatic carbocycles. The molecule has 0 saturated heterocycles. The van der Waals surface area contributed by atoms with Crippen LogP contribution in [0.5, 0.6) is 0 Å². The Morgan fingerprint density at radius 2 is 1.80 bits per heavy atom. The summed E-state index contributed by atoms with van der Waals surface area (Å²) < 4.78 is 47.3. The van der Waals surface area contributed by atoms with Crippen LogP contribution in [0.2, 0.25) is 0 Å². The largest absolute Gasteiger partial charge is 0.385 e. The number of sulfone groups is 1. The fourth-order valence-electron chi connectivity index (χ4n) is 1.55. The van der Waals surface area contributed by atoms with Crippen LogP contribution in [0.4, 0.5) is 14.5 Å². The van der Waals surface area contributed by atoms with E-state index in [9.17, 15) is 17.2 Å². The molecule has 0 unspecified atom stereocenters. The van der Waals surface area contributed by atoms with Gasteiger partial charge in [0.2, 0.25) is 9.84 Å². The first-order valence-corrected chi connectivity index (χ1v) is 8.19. The van der Waals surface area contributed by atoms with Gasteiger partial charge in [0.15, 0.2) is 0 Å². The SMILES string of the molecule is CC(C)(CCCl)CNc1ccc(S(=O)(=O)C(F)F)cc1.